The largest absolute Gasteiger partial charge is 0.493 e. The summed E-state index contributed by atoms with van der Waals surface area (Å²) in [6, 6.07) is 9.19. The highest BCUT2D eigenvalue weighted by atomic mass is 79.9. The number of nitrogens with zero attached hydrogens (tertiary/aromatic N) is 2. The number of halogens is 1. The first-order valence-corrected chi connectivity index (χ1v) is 7.32. The summed E-state index contributed by atoms with van der Waals surface area (Å²) in [5.41, 5.74) is 2.59. The molecule has 0 spiro atoms. The van der Waals surface area contributed by atoms with Gasteiger partial charge in [-0.05, 0) is 46.3 Å². The van der Waals surface area contributed by atoms with Crippen LogP contribution >= 0.6 is 15.9 Å². The first kappa shape index (κ1) is 14.6. The van der Waals surface area contributed by atoms with Crippen molar-refractivity contribution in [2.45, 2.75) is 0 Å². The first-order chi connectivity index (χ1) is 10.7. The van der Waals surface area contributed by atoms with E-state index < -0.39 is 0 Å². The Balaban J connectivity index is 2.23. The number of benzene rings is 1. The molecule has 6 heteroatoms. The van der Waals surface area contributed by atoms with E-state index in [0.717, 1.165) is 16.3 Å². The molecule has 0 amide bonds. The number of hydrogen-bond donors (Lipinski definition) is 0. The second-order valence-electron chi connectivity index (χ2n) is 4.61. The van der Waals surface area contributed by atoms with Crippen molar-refractivity contribution in [1.29, 1.82) is 0 Å². The second kappa shape index (κ2) is 5.81. The zero-order valence-corrected chi connectivity index (χ0v) is 13.6. The van der Waals surface area contributed by atoms with E-state index in [1.54, 1.807) is 24.7 Å². The molecule has 112 valence electrons. The van der Waals surface area contributed by atoms with E-state index in [-0.39, 0.29) is 0 Å². The molecule has 2 heterocycles. The minimum Gasteiger partial charge on any atom is -0.493 e. The number of aldehydes is 1. The monoisotopic (exact) mass is 360 g/mol. The fourth-order valence-electron chi connectivity index (χ4n) is 2.35. The van der Waals surface area contributed by atoms with Crippen LogP contribution in [-0.2, 0) is 0 Å². The van der Waals surface area contributed by atoms with Gasteiger partial charge < -0.3 is 9.47 Å². The molecule has 0 bridgehead atoms. The van der Waals surface area contributed by atoms with Gasteiger partial charge in [0.1, 0.15) is 17.0 Å². The fourth-order valence-corrected chi connectivity index (χ4v) is 2.68. The molecule has 2 aromatic heterocycles. The summed E-state index contributed by atoms with van der Waals surface area (Å²) < 4.78 is 13.2. The number of aromatic nitrogens is 2. The molecule has 0 saturated carbocycles. The van der Waals surface area contributed by atoms with E-state index in [1.807, 2.05) is 30.5 Å². The van der Waals surface area contributed by atoms with Crippen molar-refractivity contribution in [3.05, 3.63) is 46.7 Å². The number of imidazole rings is 1. The number of carbonyl (C=O) groups excluding carboxylic acids is 1. The van der Waals surface area contributed by atoms with Crippen LogP contribution in [0, 0.1) is 0 Å². The smallest absolute Gasteiger partial charge is 0.169 e. The summed E-state index contributed by atoms with van der Waals surface area (Å²) in [6.45, 7) is 0. The Bertz CT molecular complexity index is 858. The lowest BCUT2D eigenvalue weighted by molar-refractivity contribution is 0.111. The van der Waals surface area contributed by atoms with Gasteiger partial charge in [-0.15, -0.1) is 0 Å². The minimum atomic E-state index is 0.489. The second-order valence-corrected chi connectivity index (χ2v) is 5.52. The maximum atomic E-state index is 11.5. The topological polar surface area (TPSA) is 52.8 Å². The Hall–Kier alpha value is -2.34. The van der Waals surface area contributed by atoms with Crippen LogP contribution in [-0.4, -0.2) is 29.9 Å². The van der Waals surface area contributed by atoms with Gasteiger partial charge in [-0.2, -0.15) is 0 Å². The first-order valence-electron chi connectivity index (χ1n) is 6.53. The van der Waals surface area contributed by atoms with Crippen molar-refractivity contribution >= 4 is 27.9 Å². The van der Waals surface area contributed by atoms with Crippen LogP contribution in [0.3, 0.4) is 0 Å². The summed E-state index contributed by atoms with van der Waals surface area (Å²) in [4.78, 5) is 16.1. The Morgan fingerprint density at radius 1 is 1.14 bits per heavy atom. The van der Waals surface area contributed by atoms with E-state index in [1.165, 1.54) is 0 Å². The lowest BCUT2D eigenvalue weighted by Gasteiger charge is -2.08. The van der Waals surface area contributed by atoms with Gasteiger partial charge in [-0.1, -0.05) is 0 Å². The Morgan fingerprint density at radius 3 is 2.59 bits per heavy atom. The molecule has 0 atom stereocenters. The van der Waals surface area contributed by atoms with Gasteiger partial charge in [-0.3, -0.25) is 9.20 Å². The molecular formula is C16H13BrN2O3. The van der Waals surface area contributed by atoms with Crippen molar-refractivity contribution in [3.63, 3.8) is 0 Å². The van der Waals surface area contributed by atoms with E-state index in [9.17, 15) is 4.79 Å². The quantitative estimate of drug-likeness (QED) is 0.667. The highest BCUT2D eigenvalue weighted by molar-refractivity contribution is 9.10. The van der Waals surface area contributed by atoms with Gasteiger partial charge in [0.05, 0.1) is 14.2 Å². The van der Waals surface area contributed by atoms with Gasteiger partial charge in [0.2, 0.25) is 0 Å². The van der Waals surface area contributed by atoms with Crippen molar-refractivity contribution in [2.75, 3.05) is 14.2 Å². The van der Waals surface area contributed by atoms with E-state index in [0.29, 0.717) is 28.5 Å². The standard InChI is InChI=1S/C16H13BrN2O3/c1-21-13-5-3-10(7-14(13)22-2)16-12(9-20)19-8-11(17)4-6-15(19)18-16/h3-9H,1-2H3. The molecule has 0 unspecified atom stereocenters. The molecule has 0 N–H and O–H groups in total. The third kappa shape index (κ3) is 2.35. The molecule has 1 aromatic carbocycles. The van der Waals surface area contributed by atoms with Crippen LogP contribution in [0.25, 0.3) is 16.9 Å². The van der Waals surface area contributed by atoms with Crippen molar-refractivity contribution in [3.8, 4) is 22.8 Å². The number of carbonyl (C=O) groups is 1. The van der Waals surface area contributed by atoms with Crippen LogP contribution in [0.4, 0.5) is 0 Å². The summed E-state index contributed by atoms with van der Waals surface area (Å²) >= 11 is 3.40. The van der Waals surface area contributed by atoms with E-state index in [2.05, 4.69) is 20.9 Å². The van der Waals surface area contributed by atoms with Crippen LogP contribution in [0.5, 0.6) is 11.5 Å². The summed E-state index contributed by atoms with van der Waals surface area (Å²) in [6.07, 6.45) is 2.62. The SMILES string of the molecule is COc1ccc(-c2nc3ccc(Br)cn3c2C=O)cc1OC. The lowest BCUT2D eigenvalue weighted by atomic mass is 10.1. The molecular weight excluding hydrogens is 348 g/mol. The number of hydrogen-bond acceptors (Lipinski definition) is 4. The zero-order chi connectivity index (χ0) is 15.7. The number of pyridine rings is 1. The molecule has 0 aliphatic carbocycles. The number of ether oxygens (including phenoxy) is 2. The fraction of sp³-hybridized carbons (Fsp3) is 0.125. The van der Waals surface area contributed by atoms with E-state index in [4.69, 9.17) is 9.47 Å². The Labute approximate surface area is 135 Å². The highest BCUT2D eigenvalue weighted by Gasteiger charge is 2.15. The van der Waals surface area contributed by atoms with Gasteiger partial charge in [0, 0.05) is 16.2 Å². The average molecular weight is 361 g/mol. The number of rotatable bonds is 4. The van der Waals surface area contributed by atoms with Crippen molar-refractivity contribution in [1.82, 2.24) is 9.38 Å². The number of methoxy groups -OCH3 is 2. The highest BCUT2D eigenvalue weighted by Crippen LogP contribution is 2.33. The van der Waals surface area contributed by atoms with Gasteiger partial charge >= 0.3 is 0 Å². The van der Waals surface area contributed by atoms with Crippen LogP contribution < -0.4 is 9.47 Å². The predicted octanol–water partition coefficient (Wildman–Crippen LogP) is 3.59. The molecule has 0 saturated heterocycles. The third-order valence-corrected chi connectivity index (χ3v) is 3.86. The predicted molar refractivity (Wildman–Crippen MR) is 86.8 cm³/mol. The summed E-state index contributed by atoms with van der Waals surface area (Å²) in [5, 5.41) is 0. The van der Waals surface area contributed by atoms with Crippen LogP contribution in [0.15, 0.2) is 41.0 Å². The van der Waals surface area contributed by atoms with Gasteiger partial charge in [-0.25, -0.2) is 4.98 Å². The van der Waals surface area contributed by atoms with E-state index >= 15 is 0 Å². The summed E-state index contributed by atoms with van der Waals surface area (Å²) in [5.74, 6) is 1.22. The molecule has 0 aliphatic heterocycles. The Morgan fingerprint density at radius 2 is 1.91 bits per heavy atom. The lowest BCUT2D eigenvalue weighted by Crippen LogP contribution is -1.94. The van der Waals surface area contributed by atoms with Crippen molar-refractivity contribution in [2.24, 2.45) is 0 Å². The minimum absolute atomic E-state index is 0.489. The zero-order valence-electron chi connectivity index (χ0n) is 12.0. The maximum absolute atomic E-state index is 11.5. The maximum Gasteiger partial charge on any atom is 0.169 e. The third-order valence-electron chi connectivity index (χ3n) is 3.39. The van der Waals surface area contributed by atoms with Crippen molar-refractivity contribution < 1.29 is 14.3 Å². The normalized spacial score (nSPS) is 10.7. The molecule has 5 nitrogen and oxygen atoms in total. The molecule has 0 radical (unpaired) electrons. The molecule has 3 rings (SSSR count). The molecule has 0 fully saturated rings. The van der Waals surface area contributed by atoms with Crippen LogP contribution in [0.2, 0.25) is 0 Å². The molecule has 0 aliphatic rings. The van der Waals surface area contributed by atoms with Gasteiger partial charge in [0.15, 0.2) is 17.8 Å². The molecule has 3 aromatic rings. The number of fused-ring (bicyclic) bond motifs is 1. The summed E-state index contributed by atoms with van der Waals surface area (Å²) in [7, 11) is 3.15. The average Bonchev–Trinajstić information content (AvgIpc) is 2.91. The van der Waals surface area contributed by atoms with Gasteiger partial charge in [0.25, 0.3) is 0 Å². The molecule has 22 heavy (non-hydrogen) atoms. The van der Waals surface area contributed by atoms with Crippen LogP contribution in [0.1, 0.15) is 10.5 Å². The Kier molecular flexibility index (Phi) is 3.85.